The number of hydrogen-bond acceptors (Lipinski definition) is 0. The third-order valence-electron chi connectivity index (χ3n) is 2.13. The Bertz CT molecular complexity index is 138. The van der Waals surface area contributed by atoms with E-state index in [2.05, 4.69) is 6.58 Å². The Morgan fingerprint density at radius 1 is 1.50 bits per heavy atom. The molecule has 0 heterocycles. The molecule has 0 bridgehead atoms. The highest BCUT2D eigenvalue weighted by Crippen LogP contribution is 2.22. The van der Waals surface area contributed by atoms with Gasteiger partial charge in [0.2, 0.25) is 0 Å². The lowest BCUT2D eigenvalue weighted by molar-refractivity contribution is 0.0159. The minimum Gasteiger partial charge on any atom is -0.232 e. The van der Waals surface area contributed by atoms with Crippen LogP contribution in [-0.4, -0.2) is 17.4 Å². The van der Waals surface area contributed by atoms with Crippen LogP contribution in [0, 0.1) is 11.8 Å². The average molecular weight is 210 g/mol. The molecule has 3 heteroatoms. The van der Waals surface area contributed by atoms with Crippen LogP contribution in [0.25, 0.3) is 0 Å². The van der Waals surface area contributed by atoms with Gasteiger partial charge in [0.05, 0.1) is 5.38 Å². The van der Waals surface area contributed by atoms with Crippen LogP contribution in [0.2, 0.25) is 0 Å². The van der Waals surface area contributed by atoms with E-state index in [0.717, 1.165) is 0 Å². The molecule has 71 valence electrons. The number of alkyl halides is 2. The topological polar surface area (TPSA) is 19.9 Å². The summed E-state index contributed by atoms with van der Waals surface area (Å²) in [5.41, 5.74) is 0. The van der Waals surface area contributed by atoms with Crippen LogP contribution in [0.4, 0.5) is 0 Å². The molecule has 0 aromatic carbocycles. The van der Waals surface area contributed by atoms with Gasteiger partial charge in [-0.25, -0.2) is 5.11 Å². The quantitative estimate of drug-likeness (QED) is 0.490. The highest BCUT2D eigenvalue weighted by molar-refractivity contribution is 6.28. The summed E-state index contributed by atoms with van der Waals surface area (Å²) in [7, 11) is 0. The zero-order valence-electron chi connectivity index (χ0n) is 7.47. The third kappa shape index (κ3) is 3.34. The van der Waals surface area contributed by atoms with Crippen LogP contribution in [0.15, 0.2) is 12.7 Å². The summed E-state index contributed by atoms with van der Waals surface area (Å²) in [5.74, 6) is 0.160. The Kier molecular flexibility index (Phi) is 5.98. The maximum absolute atomic E-state index is 11.5. The van der Waals surface area contributed by atoms with Crippen molar-refractivity contribution in [3.05, 3.63) is 12.7 Å². The fraction of sp³-hybridized carbons (Fsp3) is 0.778. The molecule has 0 N–H and O–H groups in total. The van der Waals surface area contributed by atoms with E-state index in [1.165, 1.54) is 0 Å². The van der Waals surface area contributed by atoms with Crippen molar-refractivity contribution in [2.24, 2.45) is 11.8 Å². The summed E-state index contributed by atoms with van der Waals surface area (Å²) in [6.45, 7) is 7.25. The summed E-state index contributed by atoms with van der Waals surface area (Å²) < 4.78 is 0. The Morgan fingerprint density at radius 3 is 2.33 bits per heavy atom. The van der Waals surface area contributed by atoms with Crippen LogP contribution >= 0.6 is 23.2 Å². The van der Waals surface area contributed by atoms with Crippen molar-refractivity contribution in [2.45, 2.75) is 25.3 Å². The molecule has 0 aliphatic heterocycles. The minimum absolute atomic E-state index is 0.0514. The smallest absolute Gasteiger partial charge is 0.103 e. The molecule has 0 saturated carbocycles. The van der Waals surface area contributed by atoms with E-state index in [1.54, 1.807) is 6.08 Å². The maximum Gasteiger partial charge on any atom is 0.103 e. The molecule has 0 amide bonds. The second kappa shape index (κ2) is 5.85. The van der Waals surface area contributed by atoms with Gasteiger partial charge in [-0.3, -0.25) is 0 Å². The molecule has 0 aromatic heterocycles. The molecule has 1 radical (unpaired) electrons. The van der Waals surface area contributed by atoms with Gasteiger partial charge in [-0.15, -0.1) is 29.8 Å². The summed E-state index contributed by atoms with van der Waals surface area (Å²) in [4.78, 5) is 0. The fourth-order valence-electron chi connectivity index (χ4n) is 0.959. The van der Waals surface area contributed by atoms with Crippen LogP contribution in [0.3, 0.4) is 0 Å². The van der Waals surface area contributed by atoms with E-state index in [9.17, 15) is 5.11 Å². The zero-order chi connectivity index (χ0) is 9.72. The van der Waals surface area contributed by atoms with Gasteiger partial charge >= 0.3 is 0 Å². The lowest BCUT2D eigenvalue weighted by Gasteiger charge is -2.23. The summed E-state index contributed by atoms with van der Waals surface area (Å²) in [5, 5.41) is 11.3. The summed E-state index contributed by atoms with van der Waals surface area (Å²) in [6.07, 6.45) is 0.954. The van der Waals surface area contributed by atoms with Gasteiger partial charge in [0.15, 0.2) is 0 Å². The molecule has 1 nitrogen and oxygen atoms in total. The van der Waals surface area contributed by atoms with Gasteiger partial charge in [0, 0.05) is 17.7 Å². The number of hydrogen-bond donors (Lipinski definition) is 0. The Labute approximate surface area is 84.4 Å². The minimum atomic E-state index is -0.705. The molecule has 0 aliphatic rings. The van der Waals surface area contributed by atoms with Crippen molar-refractivity contribution in [3.63, 3.8) is 0 Å². The predicted octanol–water partition coefficient (Wildman–Crippen LogP) is 3.09. The van der Waals surface area contributed by atoms with Gasteiger partial charge in [-0.2, -0.15) is 0 Å². The SMILES string of the molecule is C=CC(C)C([O])C(C)C(Cl)CCl. The van der Waals surface area contributed by atoms with Crippen molar-refractivity contribution in [3.8, 4) is 0 Å². The van der Waals surface area contributed by atoms with Gasteiger partial charge in [0.1, 0.15) is 6.10 Å². The van der Waals surface area contributed by atoms with Crippen LogP contribution < -0.4 is 0 Å². The summed E-state index contributed by atoms with van der Waals surface area (Å²) in [6, 6.07) is 0. The first kappa shape index (κ1) is 12.3. The highest BCUT2D eigenvalue weighted by atomic mass is 35.5. The van der Waals surface area contributed by atoms with Gasteiger partial charge < -0.3 is 0 Å². The largest absolute Gasteiger partial charge is 0.232 e. The van der Waals surface area contributed by atoms with Crippen molar-refractivity contribution in [1.82, 2.24) is 0 Å². The fourth-order valence-corrected chi connectivity index (χ4v) is 1.38. The molecule has 0 spiro atoms. The van der Waals surface area contributed by atoms with Crippen molar-refractivity contribution < 1.29 is 5.11 Å². The molecule has 0 aromatic rings. The first-order valence-electron chi connectivity index (χ1n) is 4.03. The van der Waals surface area contributed by atoms with Crippen molar-refractivity contribution in [1.29, 1.82) is 0 Å². The van der Waals surface area contributed by atoms with E-state index in [-0.39, 0.29) is 17.2 Å². The van der Waals surface area contributed by atoms with E-state index < -0.39 is 6.10 Å². The number of rotatable bonds is 5. The Morgan fingerprint density at radius 2 is 2.00 bits per heavy atom. The van der Waals surface area contributed by atoms with E-state index in [4.69, 9.17) is 23.2 Å². The Balaban J connectivity index is 4.07. The maximum atomic E-state index is 11.5. The molecule has 12 heavy (non-hydrogen) atoms. The lowest BCUT2D eigenvalue weighted by Crippen LogP contribution is -2.30. The third-order valence-corrected chi connectivity index (χ3v) is 3.17. The van der Waals surface area contributed by atoms with Gasteiger partial charge in [0.25, 0.3) is 0 Å². The standard InChI is InChI=1S/C9H15Cl2O/c1-4-6(2)9(12)7(3)8(11)5-10/h4,6-9H,1,5H2,2-3H3. The van der Waals surface area contributed by atoms with Gasteiger partial charge in [-0.1, -0.05) is 19.9 Å². The van der Waals surface area contributed by atoms with Crippen molar-refractivity contribution in [2.75, 3.05) is 5.88 Å². The molecule has 0 fully saturated rings. The molecule has 4 unspecified atom stereocenters. The van der Waals surface area contributed by atoms with Crippen LogP contribution in [-0.2, 0) is 5.11 Å². The highest BCUT2D eigenvalue weighted by Gasteiger charge is 2.26. The molecule has 0 aliphatic carbocycles. The predicted molar refractivity (Wildman–Crippen MR) is 53.4 cm³/mol. The van der Waals surface area contributed by atoms with E-state index >= 15 is 0 Å². The summed E-state index contributed by atoms with van der Waals surface area (Å²) >= 11 is 11.4. The van der Waals surface area contributed by atoms with E-state index in [0.29, 0.717) is 5.88 Å². The first-order valence-corrected chi connectivity index (χ1v) is 5.00. The van der Waals surface area contributed by atoms with Crippen LogP contribution in [0.1, 0.15) is 13.8 Å². The normalized spacial score (nSPS) is 21.1. The number of halogens is 2. The van der Waals surface area contributed by atoms with Crippen LogP contribution in [0.5, 0.6) is 0 Å². The molecular weight excluding hydrogens is 195 g/mol. The van der Waals surface area contributed by atoms with Crippen molar-refractivity contribution >= 4 is 23.2 Å². The zero-order valence-corrected chi connectivity index (χ0v) is 8.98. The molecule has 4 atom stereocenters. The average Bonchev–Trinajstić information content (AvgIpc) is 2.12. The lowest BCUT2D eigenvalue weighted by atomic mass is 9.91. The second-order valence-corrected chi connectivity index (χ2v) is 3.96. The van der Waals surface area contributed by atoms with E-state index in [1.807, 2.05) is 13.8 Å². The first-order chi connectivity index (χ1) is 5.54. The monoisotopic (exact) mass is 209 g/mol. The molecule has 0 saturated heterocycles. The molecule has 0 rings (SSSR count). The van der Waals surface area contributed by atoms with Gasteiger partial charge in [-0.05, 0) is 0 Å². The Hall–Kier alpha value is 0.280. The molecular formula is C9H15Cl2O. The second-order valence-electron chi connectivity index (χ2n) is 3.09.